The molecule has 1 atom stereocenters. The Balaban J connectivity index is 4.16. The van der Waals surface area contributed by atoms with Gasteiger partial charge >= 0.3 is 0 Å². The quantitative estimate of drug-likeness (QED) is 0.701. The van der Waals surface area contributed by atoms with Gasteiger partial charge in [-0.05, 0) is 26.2 Å². The summed E-state index contributed by atoms with van der Waals surface area (Å²) in [5.74, 6) is 0.820. The molecular weight excluding hydrogens is 236 g/mol. The van der Waals surface area contributed by atoms with E-state index in [2.05, 4.69) is 4.72 Å². The monoisotopic (exact) mass is 256 g/mol. The smallest absolute Gasteiger partial charge is 0.202 e. The molecule has 0 bridgehead atoms. The predicted molar refractivity (Wildman–Crippen MR) is 64.3 cm³/mol. The van der Waals surface area contributed by atoms with Crippen molar-refractivity contribution in [3.63, 3.8) is 0 Å². The lowest BCUT2D eigenvalue weighted by Crippen LogP contribution is -2.43. The molecule has 6 heteroatoms. The fraction of sp³-hybridized carbons (Fsp3) is 1.00. The zero-order valence-electron chi connectivity index (χ0n) is 9.83. The predicted octanol–water partition coefficient (Wildman–Crippen LogP) is 1.43. The van der Waals surface area contributed by atoms with Gasteiger partial charge in [-0.2, -0.15) is 12.7 Å². The first-order valence-corrected chi connectivity index (χ1v) is 7.07. The van der Waals surface area contributed by atoms with Crippen LogP contribution >= 0.6 is 11.6 Å². The van der Waals surface area contributed by atoms with E-state index in [4.69, 9.17) is 11.6 Å². The standard InChI is InChI=1S/C9H21ClN2O2S/c1-8(2)12(4)15(13,14)11-7-9(3)5-6-10/h8-9,11H,5-7H2,1-4H3. The van der Waals surface area contributed by atoms with Crippen molar-refractivity contribution in [2.24, 2.45) is 5.92 Å². The van der Waals surface area contributed by atoms with Gasteiger partial charge in [0.1, 0.15) is 0 Å². The van der Waals surface area contributed by atoms with Crippen LogP contribution in [0.15, 0.2) is 0 Å². The normalized spacial score (nSPS) is 14.9. The third-order valence-corrected chi connectivity index (χ3v) is 4.25. The molecule has 0 amide bonds. The zero-order valence-corrected chi connectivity index (χ0v) is 11.4. The molecule has 92 valence electrons. The number of hydrogen-bond donors (Lipinski definition) is 1. The fourth-order valence-corrected chi connectivity index (χ4v) is 2.54. The van der Waals surface area contributed by atoms with Crippen LogP contribution in [0.1, 0.15) is 27.2 Å². The largest absolute Gasteiger partial charge is 0.279 e. The third-order valence-electron chi connectivity index (χ3n) is 2.32. The minimum atomic E-state index is -3.33. The van der Waals surface area contributed by atoms with Gasteiger partial charge in [-0.1, -0.05) is 6.92 Å². The third kappa shape index (κ3) is 5.70. The van der Waals surface area contributed by atoms with Crippen LogP contribution in [0.25, 0.3) is 0 Å². The van der Waals surface area contributed by atoms with Crippen LogP contribution in [0.5, 0.6) is 0 Å². The molecule has 1 N–H and O–H groups in total. The van der Waals surface area contributed by atoms with Crippen LogP contribution in [-0.4, -0.2) is 38.2 Å². The van der Waals surface area contributed by atoms with E-state index in [1.165, 1.54) is 4.31 Å². The van der Waals surface area contributed by atoms with Crippen LogP contribution < -0.4 is 4.72 Å². The Labute approximate surface area is 98.2 Å². The molecule has 0 heterocycles. The topological polar surface area (TPSA) is 49.4 Å². The molecule has 1 unspecified atom stereocenters. The summed E-state index contributed by atoms with van der Waals surface area (Å²) in [7, 11) is -1.76. The summed E-state index contributed by atoms with van der Waals surface area (Å²) in [6.45, 7) is 6.08. The minimum absolute atomic E-state index is 0.0363. The summed E-state index contributed by atoms with van der Waals surface area (Å²) in [4.78, 5) is 0. The van der Waals surface area contributed by atoms with Gasteiger partial charge in [-0.15, -0.1) is 11.6 Å². The zero-order chi connectivity index (χ0) is 12.1. The Morgan fingerprint density at radius 1 is 1.33 bits per heavy atom. The molecule has 15 heavy (non-hydrogen) atoms. The highest BCUT2D eigenvalue weighted by Gasteiger charge is 2.20. The molecule has 0 aromatic rings. The van der Waals surface area contributed by atoms with Gasteiger partial charge < -0.3 is 0 Å². The number of rotatable bonds is 7. The van der Waals surface area contributed by atoms with E-state index in [1.54, 1.807) is 7.05 Å². The highest BCUT2D eigenvalue weighted by molar-refractivity contribution is 7.87. The van der Waals surface area contributed by atoms with Gasteiger partial charge in [-0.3, -0.25) is 0 Å². The van der Waals surface area contributed by atoms with Gasteiger partial charge in [0, 0.05) is 25.5 Å². The molecule has 0 aliphatic heterocycles. The first kappa shape index (κ1) is 15.2. The molecule has 0 radical (unpaired) electrons. The lowest BCUT2D eigenvalue weighted by atomic mass is 10.1. The van der Waals surface area contributed by atoms with Crippen molar-refractivity contribution in [1.82, 2.24) is 9.03 Å². The maximum atomic E-state index is 11.7. The van der Waals surface area contributed by atoms with Crippen LogP contribution in [0.4, 0.5) is 0 Å². The SMILES string of the molecule is CC(CCCl)CNS(=O)(=O)N(C)C(C)C. The van der Waals surface area contributed by atoms with Crippen molar-refractivity contribution in [1.29, 1.82) is 0 Å². The highest BCUT2D eigenvalue weighted by Crippen LogP contribution is 2.05. The Kier molecular flexibility index (Phi) is 6.75. The lowest BCUT2D eigenvalue weighted by molar-refractivity contribution is 0.397. The van der Waals surface area contributed by atoms with E-state index in [0.29, 0.717) is 12.4 Å². The van der Waals surface area contributed by atoms with Crippen molar-refractivity contribution in [2.45, 2.75) is 33.2 Å². The van der Waals surface area contributed by atoms with E-state index in [1.807, 2.05) is 20.8 Å². The molecular formula is C9H21ClN2O2S. The Bertz CT molecular complexity index is 267. The van der Waals surface area contributed by atoms with Crippen molar-refractivity contribution in [3.05, 3.63) is 0 Å². The number of halogens is 1. The second-order valence-electron chi connectivity index (χ2n) is 4.05. The highest BCUT2D eigenvalue weighted by atomic mass is 35.5. The van der Waals surface area contributed by atoms with Crippen LogP contribution in [0.3, 0.4) is 0 Å². The first-order valence-electron chi connectivity index (χ1n) is 5.09. The molecule has 0 spiro atoms. The Hall–Kier alpha value is 0.160. The number of nitrogens with one attached hydrogen (secondary N) is 1. The summed E-state index contributed by atoms with van der Waals surface area (Å²) in [5, 5.41) is 0. The van der Waals surface area contributed by atoms with Gasteiger partial charge in [-0.25, -0.2) is 4.72 Å². The summed E-state index contributed by atoms with van der Waals surface area (Å²) >= 11 is 5.57. The minimum Gasteiger partial charge on any atom is -0.202 e. The van der Waals surface area contributed by atoms with E-state index in [-0.39, 0.29) is 12.0 Å². The molecule has 0 aromatic heterocycles. The molecule has 0 aliphatic rings. The summed E-state index contributed by atoms with van der Waals surface area (Å²) in [6.07, 6.45) is 0.815. The molecule has 0 aliphatic carbocycles. The van der Waals surface area contributed by atoms with E-state index in [9.17, 15) is 8.42 Å². The second kappa shape index (κ2) is 6.68. The van der Waals surface area contributed by atoms with E-state index < -0.39 is 10.2 Å². The lowest BCUT2D eigenvalue weighted by Gasteiger charge is -2.22. The average molecular weight is 257 g/mol. The van der Waals surface area contributed by atoms with E-state index >= 15 is 0 Å². The first-order chi connectivity index (χ1) is 6.81. The van der Waals surface area contributed by atoms with Crippen molar-refractivity contribution < 1.29 is 8.42 Å². The summed E-state index contributed by atoms with van der Waals surface area (Å²) < 4.78 is 27.2. The maximum absolute atomic E-state index is 11.7. The van der Waals surface area contributed by atoms with Crippen molar-refractivity contribution in [2.75, 3.05) is 19.5 Å². The number of nitrogens with zero attached hydrogens (tertiary/aromatic N) is 1. The Morgan fingerprint density at radius 3 is 2.27 bits per heavy atom. The van der Waals surface area contributed by atoms with Crippen LogP contribution in [-0.2, 0) is 10.2 Å². The molecule has 0 saturated heterocycles. The number of hydrogen-bond acceptors (Lipinski definition) is 2. The second-order valence-corrected chi connectivity index (χ2v) is 6.24. The molecule has 4 nitrogen and oxygen atoms in total. The van der Waals surface area contributed by atoms with Gasteiger partial charge in [0.15, 0.2) is 0 Å². The molecule has 0 rings (SSSR count). The number of alkyl halides is 1. The summed E-state index contributed by atoms with van der Waals surface area (Å²) in [6, 6.07) is -0.0363. The van der Waals surface area contributed by atoms with Crippen LogP contribution in [0, 0.1) is 5.92 Å². The van der Waals surface area contributed by atoms with Gasteiger partial charge in [0.25, 0.3) is 10.2 Å². The van der Waals surface area contributed by atoms with Gasteiger partial charge in [0.2, 0.25) is 0 Å². The Morgan fingerprint density at radius 2 is 1.87 bits per heavy atom. The molecule has 0 aromatic carbocycles. The van der Waals surface area contributed by atoms with E-state index in [0.717, 1.165) is 6.42 Å². The van der Waals surface area contributed by atoms with Crippen molar-refractivity contribution >= 4 is 21.8 Å². The van der Waals surface area contributed by atoms with Crippen molar-refractivity contribution in [3.8, 4) is 0 Å². The fourth-order valence-electron chi connectivity index (χ4n) is 0.915. The van der Waals surface area contributed by atoms with Gasteiger partial charge in [0.05, 0.1) is 0 Å². The molecule has 0 fully saturated rings. The summed E-state index contributed by atoms with van der Waals surface area (Å²) in [5.41, 5.74) is 0. The average Bonchev–Trinajstić information content (AvgIpc) is 2.14. The maximum Gasteiger partial charge on any atom is 0.279 e. The van der Waals surface area contributed by atoms with Crippen LogP contribution in [0.2, 0.25) is 0 Å². The molecule has 0 saturated carbocycles.